The number of hydrogen-bond acceptors (Lipinski definition) is 5. The predicted octanol–water partition coefficient (Wildman–Crippen LogP) is 1.20. The van der Waals surface area contributed by atoms with Crippen LogP contribution in [0.25, 0.3) is 0 Å². The van der Waals surface area contributed by atoms with E-state index in [2.05, 4.69) is 25.6 Å². The Hall–Kier alpha value is -2.19. The molecular formula is C9H9F3N6. The number of hydrogen-bond donors (Lipinski definition) is 1. The molecule has 2 aromatic rings. The highest BCUT2D eigenvalue weighted by molar-refractivity contribution is 5.25. The predicted molar refractivity (Wildman–Crippen MR) is 55.5 cm³/mol. The SMILES string of the molecule is FC(F)(F)c1ccnc(NCCn2ccnn2)n1. The lowest BCUT2D eigenvalue weighted by Gasteiger charge is -2.08. The Bertz CT molecular complexity index is 495. The second kappa shape index (κ2) is 4.98. The van der Waals surface area contributed by atoms with Gasteiger partial charge in [-0.1, -0.05) is 5.21 Å². The lowest BCUT2D eigenvalue weighted by molar-refractivity contribution is -0.141. The van der Waals surface area contributed by atoms with Crippen molar-refractivity contribution in [1.82, 2.24) is 25.0 Å². The van der Waals surface area contributed by atoms with Crippen molar-refractivity contribution in [3.8, 4) is 0 Å². The van der Waals surface area contributed by atoms with Gasteiger partial charge in [0.1, 0.15) is 5.69 Å². The molecule has 2 rings (SSSR count). The van der Waals surface area contributed by atoms with Crippen molar-refractivity contribution >= 4 is 5.95 Å². The summed E-state index contributed by atoms with van der Waals surface area (Å²) in [6.45, 7) is 0.810. The number of anilines is 1. The highest BCUT2D eigenvalue weighted by Crippen LogP contribution is 2.27. The van der Waals surface area contributed by atoms with Gasteiger partial charge < -0.3 is 5.32 Å². The van der Waals surface area contributed by atoms with Crippen molar-refractivity contribution in [1.29, 1.82) is 0 Å². The number of nitrogens with one attached hydrogen (secondary N) is 1. The Morgan fingerprint density at radius 1 is 1.28 bits per heavy atom. The first-order chi connectivity index (χ1) is 8.55. The summed E-state index contributed by atoms with van der Waals surface area (Å²) in [6, 6.07) is 0.822. The Labute approximate surface area is 99.9 Å². The maximum absolute atomic E-state index is 12.4. The monoisotopic (exact) mass is 258 g/mol. The summed E-state index contributed by atoms with van der Waals surface area (Å²) in [5.74, 6) is -0.0649. The van der Waals surface area contributed by atoms with Crippen molar-refractivity contribution in [2.24, 2.45) is 0 Å². The van der Waals surface area contributed by atoms with E-state index in [1.807, 2.05) is 0 Å². The van der Waals surface area contributed by atoms with Crippen molar-refractivity contribution in [2.75, 3.05) is 11.9 Å². The molecule has 0 aromatic carbocycles. The zero-order valence-corrected chi connectivity index (χ0v) is 9.09. The first kappa shape index (κ1) is 12.3. The minimum atomic E-state index is -4.47. The van der Waals surface area contributed by atoms with Crippen LogP contribution >= 0.6 is 0 Å². The fourth-order valence-electron chi connectivity index (χ4n) is 1.24. The van der Waals surface area contributed by atoms with Crippen molar-refractivity contribution in [3.05, 3.63) is 30.4 Å². The average Bonchev–Trinajstić information content (AvgIpc) is 2.81. The summed E-state index contributed by atoms with van der Waals surface area (Å²) in [6.07, 6.45) is -0.242. The molecule has 6 nitrogen and oxygen atoms in total. The quantitative estimate of drug-likeness (QED) is 0.892. The summed E-state index contributed by atoms with van der Waals surface area (Å²) in [7, 11) is 0. The average molecular weight is 258 g/mol. The van der Waals surface area contributed by atoms with Gasteiger partial charge in [0, 0.05) is 18.9 Å². The minimum Gasteiger partial charge on any atom is -0.352 e. The third-order valence-corrected chi connectivity index (χ3v) is 2.04. The zero-order valence-electron chi connectivity index (χ0n) is 9.09. The number of rotatable bonds is 4. The molecule has 0 radical (unpaired) electrons. The Balaban J connectivity index is 1.93. The second-order valence-corrected chi connectivity index (χ2v) is 3.36. The van der Waals surface area contributed by atoms with E-state index in [0.717, 1.165) is 12.3 Å². The van der Waals surface area contributed by atoms with Crippen LogP contribution in [0.4, 0.5) is 19.1 Å². The van der Waals surface area contributed by atoms with Crippen LogP contribution < -0.4 is 5.32 Å². The highest BCUT2D eigenvalue weighted by atomic mass is 19.4. The molecule has 0 unspecified atom stereocenters. The Morgan fingerprint density at radius 3 is 2.78 bits per heavy atom. The van der Waals surface area contributed by atoms with Crippen molar-refractivity contribution in [3.63, 3.8) is 0 Å². The standard InChI is InChI=1S/C9H9F3N6/c10-9(11,12)7-1-2-13-8(16-7)14-3-5-18-6-4-15-17-18/h1-2,4,6H,3,5H2,(H,13,14,16). The van der Waals surface area contributed by atoms with Crippen LogP contribution in [0.1, 0.15) is 5.69 Å². The number of aromatic nitrogens is 5. The maximum Gasteiger partial charge on any atom is 0.433 e. The molecule has 0 aliphatic carbocycles. The van der Waals surface area contributed by atoms with Gasteiger partial charge in [-0.3, -0.25) is 4.68 Å². The van der Waals surface area contributed by atoms with Gasteiger partial charge in [0.05, 0.1) is 12.7 Å². The van der Waals surface area contributed by atoms with Crippen LogP contribution in [-0.2, 0) is 12.7 Å². The van der Waals surface area contributed by atoms with E-state index in [0.29, 0.717) is 13.1 Å². The third-order valence-electron chi connectivity index (χ3n) is 2.04. The Morgan fingerprint density at radius 2 is 2.11 bits per heavy atom. The molecule has 0 fully saturated rings. The highest BCUT2D eigenvalue weighted by Gasteiger charge is 2.32. The summed E-state index contributed by atoms with van der Waals surface area (Å²) in [5, 5.41) is 9.99. The van der Waals surface area contributed by atoms with Crippen LogP contribution in [0.5, 0.6) is 0 Å². The van der Waals surface area contributed by atoms with Gasteiger partial charge in [-0.25, -0.2) is 9.97 Å². The topological polar surface area (TPSA) is 68.5 Å². The van der Waals surface area contributed by atoms with E-state index in [4.69, 9.17) is 0 Å². The third kappa shape index (κ3) is 3.15. The summed E-state index contributed by atoms with van der Waals surface area (Å²) >= 11 is 0. The first-order valence-corrected chi connectivity index (χ1v) is 5.04. The van der Waals surface area contributed by atoms with E-state index in [1.54, 1.807) is 10.9 Å². The fourth-order valence-corrected chi connectivity index (χ4v) is 1.24. The summed E-state index contributed by atoms with van der Waals surface area (Å²) in [4.78, 5) is 7.07. The molecule has 0 bridgehead atoms. The van der Waals surface area contributed by atoms with Gasteiger partial charge >= 0.3 is 6.18 Å². The first-order valence-electron chi connectivity index (χ1n) is 5.04. The fraction of sp³-hybridized carbons (Fsp3) is 0.333. The number of nitrogens with zero attached hydrogens (tertiary/aromatic N) is 5. The van der Waals surface area contributed by atoms with Crippen LogP contribution in [-0.4, -0.2) is 31.5 Å². The van der Waals surface area contributed by atoms with Gasteiger partial charge in [0.2, 0.25) is 5.95 Å². The normalized spacial score (nSPS) is 11.5. The van der Waals surface area contributed by atoms with E-state index in [9.17, 15) is 13.2 Å². The van der Waals surface area contributed by atoms with Gasteiger partial charge in [0.15, 0.2) is 0 Å². The molecule has 0 aliphatic heterocycles. The van der Waals surface area contributed by atoms with Crippen molar-refractivity contribution < 1.29 is 13.2 Å². The lowest BCUT2D eigenvalue weighted by Crippen LogP contribution is -2.15. The molecule has 0 aliphatic rings. The molecule has 0 spiro atoms. The van der Waals surface area contributed by atoms with E-state index >= 15 is 0 Å². The van der Waals surface area contributed by atoms with Gasteiger partial charge in [0.25, 0.3) is 0 Å². The minimum absolute atomic E-state index is 0.0649. The molecule has 0 amide bonds. The van der Waals surface area contributed by atoms with E-state index < -0.39 is 11.9 Å². The van der Waals surface area contributed by atoms with Crippen LogP contribution in [0.2, 0.25) is 0 Å². The Kier molecular flexibility index (Phi) is 3.40. The van der Waals surface area contributed by atoms with E-state index in [-0.39, 0.29) is 5.95 Å². The summed E-state index contributed by atoms with van der Waals surface area (Å²) in [5.41, 5.74) is -0.972. The molecular weight excluding hydrogens is 249 g/mol. The van der Waals surface area contributed by atoms with Gasteiger partial charge in [-0.2, -0.15) is 13.2 Å². The molecule has 2 aromatic heterocycles. The second-order valence-electron chi connectivity index (χ2n) is 3.36. The van der Waals surface area contributed by atoms with Gasteiger partial charge in [-0.05, 0) is 6.07 Å². The molecule has 0 saturated carbocycles. The largest absolute Gasteiger partial charge is 0.433 e. The zero-order chi connectivity index (χ0) is 13.0. The molecule has 0 atom stereocenters. The maximum atomic E-state index is 12.4. The summed E-state index contributed by atoms with van der Waals surface area (Å²) < 4.78 is 38.7. The molecule has 96 valence electrons. The van der Waals surface area contributed by atoms with Crippen LogP contribution in [0, 0.1) is 0 Å². The molecule has 2 heterocycles. The molecule has 18 heavy (non-hydrogen) atoms. The van der Waals surface area contributed by atoms with Crippen LogP contribution in [0.15, 0.2) is 24.7 Å². The van der Waals surface area contributed by atoms with Gasteiger partial charge in [-0.15, -0.1) is 5.10 Å². The smallest absolute Gasteiger partial charge is 0.352 e. The molecule has 0 saturated heterocycles. The lowest BCUT2D eigenvalue weighted by atomic mass is 10.4. The molecule has 9 heteroatoms. The van der Waals surface area contributed by atoms with Crippen molar-refractivity contribution in [2.45, 2.75) is 12.7 Å². The number of halogens is 3. The van der Waals surface area contributed by atoms with E-state index in [1.165, 1.54) is 6.20 Å². The molecule has 1 N–H and O–H groups in total. The van der Waals surface area contributed by atoms with Crippen LogP contribution in [0.3, 0.4) is 0 Å². The number of alkyl halides is 3.